The van der Waals surface area contributed by atoms with Crippen LogP contribution < -0.4 is 10.2 Å². The number of rotatable bonds is 1. The van der Waals surface area contributed by atoms with Gasteiger partial charge in [0, 0.05) is 27.1 Å². The van der Waals surface area contributed by atoms with Crippen LogP contribution >= 0.6 is 15.9 Å². The summed E-state index contributed by atoms with van der Waals surface area (Å²) in [5, 5.41) is 4.47. The van der Waals surface area contributed by atoms with Gasteiger partial charge in [-0.3, -0.25) is 19.5 Å². The maximum Gasteiger partial charge on any atom is 0.278 e. The van der Waals surface area contributed by atoms with Crippen LogP contribution in [0.2, 0.25) is 0 Å². The van der Waals surface area contributed by atoms with Crippen molar-refractivity contribution >= 4 is 44.2 Å². The van der Waals surface area contributed by atoms with Crippen molar-refractivity contribution in [2.24, 2.45) is 0 Å². The highest BCUT2D eigenvalue weighted by Gasteiger charge is 2.40. The van der Waals surface area contributed by atoms with Crippen LogP contribution in [-0.2, 0) is 4.79 Å². The molecule has 1 fully saturated rings. The number of hydrogen-bond donors (Lipinski definition) is 1. The number of carbonyl (C=O) groups excluding carboxylic acids is 2. The molecule has 0 bridgehead atoms. The van der Waals surface area contributed by atoms with Gasteiger partial charge in [-0.05, 0) is 31.0 Å². The summed E-state index contributed by atoms with van der Waals surface area (Å²) in [5.74, 6) is -0.403. The number of nitrogens with zero attached hydrogens (tertiary/aromatic N) is 2. The van der Waals surface area contributed by atoms with Crippen molar-refractivity contribution in [2.75, 3.05) is 4.90 Å². The highest BCUT2D eigenvalue weighted by atomic mass is 79.9. The second-order valence-electron chi connectivity index (χ2n) is 5.47. The van der Waals surface area contributed by atoms with Crippen molar-refractivity contribution in [3.63, 3.8) is 0 Å². The van der Waals surface area contributed by atoms with E-state index in [0.717, 1.165) is 20.9 Å². The lowest BCUT2D eigenvalue weighted by molar-refractivity contribution is -0.122. The van der Waals surface area contributed by atoms with Gasteiger partial charge in [0.25, 0.3) is 5.91 Å². The molecule has 110 valence electrons. The Morgan fingerprint density at radius 3 is 2.91 bits per heavy atom. The Bertz CT molecular complexity index is 862. The fourth-order valence-corrected chi connectivity index (χ4v) is 3.61. The molecule has 4 rings (SSSR count). The minimum absolute atomic E-state index is 0.187. The molecule has 5 nitrogen and oxygen atoms in total. The molecule has 1 atom stereocenters. The van der Waals surface area contributed by atoms with E-state index in [1.807, 2.05) is 18.2 Å². The highest BCUT2D eigenvalue weighted by molar-refractivity contribution is 9.10. The fraction of sp³-hybridized carbons (Fsp3) is 0.188. The number of nitrogens with one attached hydrogen (secondary N) is 1. The monoisotopic (exact) mass is 357 g/mol. The zero-order valence-corrected chi connectivity index (χ0v) is 13.2. The number of benzene rings is 1. The summed E-state index contributed by atoms with van der Waals surface area (Å²) < 4.78 is 0.908. The van der Waals surface area contributed by atoms with Crippen molar-refractivity contribution in [3.8, 4) is 0 Å². The van der Waals surface area contributed by atoms with Crippen LogP contribution in [0.1, 0.15) is 23.3 Å². The van der Waals surface area contributed by atoms with E-state index in [1.165, 1.54) is 0 Å². The summed E-state index contributed by atoms with van der Waals surface area (Å²) >= 11 is 3.50. The summed E-state index contributed by atoms with van der Waals surface area (Å²) in [7, 11) is 0. The van der Waals surface area contributed by atoms with E-state index in [4.69, 9.17) is 0 Å². The Hall–Kier alpha value is -2.21. The molecule has 2 aliphatic heterocycles. The topological polar surface area (TPSA) is 62.3 Å². The number of allylic oxidation sites excluding steroid dienone is 1. The van der Waals surface area contributed by atoms with E-state index < -0.39 is 6.04 Å². The van der Waals surface area contributed by atoms with E-state index in [2.05, 4.69) is 32.8 Å². The zero-order valence-electron chi connectivity index (χ0n) is 11.6. The third kappa shape index (κ3) is 1.73. The molecule has 2 aliphatic rings. The summed E-state index contributed by atoms with van der Waals surface area (Å²) in [6.45, 7) is 3.78. The van der Waals surface area contributed by atoms with Gasteiger partial charge in [-0.15, -0.1) is 0 Å². The molecular formula is C16H12BrN3O2. The van der Waals surface area contributed by atoms with Gasteiger partial charge < -0.3 is 5.32 Å². The Morgan fingerprint density at radius 1 is 1.32 bits per heavy atom. The van der Waals surface area contributed by atoms with Gasteiger partial charge in [-0.1, -0.05) is 22.5 Å². The quantitative estimate of drug-likeness (QED) is 0.853. The fourth-order valence-electron chi connectivity index (χ4n) is 3.15. The molecule has 0 saturated carbocycles. The molecular weight excluding hydrogens is 346 g/mol. The molecule has 1 aromatic heterocycles. The number of anilines is 1. The molecule has 0 spiro atoms. The number of halogens is 1. The molecule has 3 heterocycles. The minimum Gasteiger partial charge on any atom is -0.329 e. The van der Waals surface area contributed by atoms with Crippen molar-refractivity contribution in [1.29, 1.82) is 0 Å². The number of amides is 2. The second-order valence-corrected chi connectivity index (χ2v) is 6.33. The maximum absolute atomic E-state index is 12.8. The molecule has 1 aromatic carbocycles. The Labute approximate surface area is 135 Å². The largest absolute Gasteiger partial charge is 0.329 e. The SMILES string of the molecule is C=C1CCC(N2C(=O)c3nccc4c(Br)ccc2c34)C(=O)N1. The van der Waals surface area contributed by atoms with Crippen LogP contribution in [0.15, 0.2) is 41.1 Å². The molecule has 0 aliphatic carbocycles. The number of carbonyl (C=O) groups is 2. The van der Waals surface area contributed by atoms with Crippen LogP contribution in [0.4, 0.5) is 5.69 Å². The number of hydrogen-bond acceptors (Lipinski definition) is 3. The number of piperidine rings is 1. The molecule has 6 heteroatoms. The van der Waals surface area contributed by atoms with E-state index in [1.54, 1.807) is 11.1 Å². The molecule has 1 unspecified atom stereocenters. The normalized spacial score (nSPS) is 20.7. The number of pyridine rings is 1. The van der Waals surface area contributed by atoms with Crippen molar-refractivity contribution in [2.45, 2.75) is 18.9 Å². The predicted molar refractivity (Wildman–Crippen MR) is 86.6 cm³/mol. The van der Waals surface area contributed by atoms with E-state index >= 15 is 0 Å². The molecule has 0 radical (unpaired) electrons. The predicted octanol–water partition coefficient (Wildman–Crippen LogP) is 2.75. The Kier molecular flexibility index (Phi) is 2.84. The Balaban J connectivity index is 1.89. The van der Waals surface area contributed by atoms with E-state index in [0.29, 0.717) is 24.2 Å². The molecule has 22 heavy (non-hydrogen) atoms. The van der Waals surface area contributed by atoms with Gasteiger partial charge in [0.15, 0.2) is 0 Å². The minimum atomic E-state index is -0.517. The van der Waals surface area contributed by atoms with Crippen LogP contribution in [0.3, 0.4) is 0 Å². The lowest BCUT2D eigenvalue weighted by atomic mass is 10.0. The second kappa shape index (κ2) is 4.64. The number of aromatic nitrogens is 1. The third-order valence-electron chi connectivity index (χ3n) is 4.17. The van der Waals surface area contributed by atoms with Crippen LogP contribution in [0.5, 0.6) is 0 Å². The smallest absolute Gasteiger partial charge is 0.278 e. The van der Waals surface area contributed by atoms with E-state index in [-0.39, 0.29) is 11.8 Å². The van der Waals surface area contributed by atoms with Crippen LogP contribution in [-0.4, -0.2) is 22.8 Å². The van der Waals surface area contributed by atoms with Crippen molar-refractivity contribution < 1.29 is 9.59 Å². The van der Waals surface area contributed by atoms with Gasteiger partial charge in [0.1, 0.15) is 11.7 Å². The first kappa shape index (κ1) is 13.5. The average Bonchev–Trinajstić information content (AvgIpc) is 2.78. The molecule has 2 amide bonds. The van der Waals surface area contributed by atoms with Gasteiger partial charge >= 0.3 is 0 Å². The molecule has 1 N–H and O–H groups in total. The molecule has 1 saturated heterocycles. The lowest BCUT2D eigenvalue weighted by Gasteiger charge is -2.31. The van der Waals surface area contributed by atoms with Crippen LogP contribution in [0, 0.1) is 0 Å². The lowest BCUT2D eigenvalue weighted by Crippen LogP contribution is -2.51. The first-order chi connectivity index (χ1) is 10.6. The third-order valence-corrected chi connectivity index (χ3v) is 4.86. The highest BCUT2D eigenvalue weighted by Crippen LogP contribution is 2.41. The zero-order chi connectivity index (χ0) is 15.4. The van der Waals surface area contributed by atoms with Gasteiger partial charge in [0.2, 0.25) is 5.91 Å². The van der Waals surface area contributed by atoms with Gasteiger partial charge in [-0.25, -0.2) is 0 Å². The first-order valence-electron chi connectivity index (χ1n) is 6.97. The van der Waals surface area contributed by atoms with Crippen molar-refractivity contribution in [3.05, 3.63) is 46.8 Å². The van der Waals surface area contributed by atoms with E-state index in [9.17, 15) is 9.59 Å². The van der Waals surface area contributed by atoms with Gasteiger partial charge in [0.05, 0.1) is 5.69 Å². The summed E-state index contributed by atoms with van der Waals surface area (Å²) in [6.07, 6.45) is 2.86. The van der Waals surface area contributed by atoms with Crippen LogP contribution in [0.25, 0.3) is 10.8 Å². The standard InChI is InChI=1S/C16H12BrN3O2/c1-8-2-4-12(15(21)19-8)20-11-5-3-10(17)9-6-7-18-14(13(9)11)16(20)22/h3,5-7,12H,1-2,4H2,(H,19,21). The summed E-state index contributed by atoms with van der Waals surface area (Å²) in [5.41, 5.74) is 1.86. The first-order valence-corrected chi connectivity index (χ1v) is 7.76. The molecule has 2 aromatic rings. The average molecular weight is 358 g/mol. The van der Waals surface area contributed by atoms with Gasteiger partial charge in [-0.2, -0.15) is 0 Å². The summed E-state index contributed by atoms with van der Waals surface area (Å²) in [4.78, 5) is 30.8. The summed E-state index contributed by atoms with van der Waals surface area (Å²) in [6, 6.07) is 5.11. The maximum atomic E-state index is 12.8. The van der Waals surface area contributed by atoms with Crippen molar-refractivity contribution in [1.82, 2.24) is 10.3 Å². The Morgan fingerprint density at radius 2 is 2.14 bits per heavy atom.